The number of hydrogen-bond acceptors (Lipinski definition) is 1. The zero-order valence-corrected chi connectivity index (χ0v) is 16.1. The summed E-state index contributed by atoms with van der Waals surface area (Å²) in [6, 6.07) is 19.5. The fourth-order valence-electron chi connectivity index (χ4n) is 2.99. The Balaban J connectivity index is 1.84. The van der Waals surface area contributed by atoms with Crippen molar-refractivity contribution in [2.45, 2.75) is 6.54 Å². The van der Waals surface area contributed by atoms with Gasteiger partial charge in [-0.05, 0) is 66.2 Å². The standard InChI is InChI=1S/C22H14Cl2F2N2/c23-17-7-1-14(2-8-17)13-28-22(16-5-11-19(26)12-6-16)20(24)21(27-28)15-3-9-18(25)10-4-15/h1-12H,13H2. The van der Waals surface area contributed by atoms with Gasteiger partial charge in [0.2, 0.25) is 0 Å². The minimum Gasteiger partial charge on any atom is -0.258 e. The maximum atomic E-state index is 13.4. The van der Waals surface area contributed by atoms with Gasteiger partial charge in [-0.25, -0.2) is 8.78 Å². The van der Waals surface area contributed by atoms with Crippen LogP contribution in [-0.4, -0.2) is 9.78 Å². The highest BCUT2D eigenvalue weighted by molar-refractivity contribution is 6.35. The molecule has 1 heterocycles. The summed E-state index contributed by atoms with van der Waals surface area (Å²) >= 11 is 12.6. The minimum absolute atomic E-state index is 0.331. The summed E-state index contributed by atoms with van der Waals surface area (Å²) in [6.07, 6.45) is 0. The minimum atomic E-state index is -0.334. The first-order chi connectivity index (χ1) is 13.5. The Morgan fingerprint density at radius 1 is 0.714 bits per heavy atom. The van der Waals surface area contributed by atoms with Gasteiger partial charge >= 0.3 is 0 Å². The second-order valence-corrected chi connectivity index (χ2v) is 7.12. The lowest BCUT2D eigenvalue weighted by molar-refractivity contribution is 0.627. The van der Waals surface area contributed by atoms with E-state index < -0.39 is 0 Å². The van der Waals surface area contributed by atoms with E-state index in [2.05, 4.69) is 5.10 Å². The average molecular weight is 415 g/mol. The van der Waals surface area contributed by atoms with Crippen LogP contribution >= 0.6 is 23.2 Å². The zero-order valence-electron chi connectivity index (χ0n) is 14.5. The summed E-state index contributed by atoms with van der Waals surface area (Å²) in [4.78, 5) is 0. The lowest BCUT2D eigenvalue weighted by Crippen LogP contribution is -2.04. The van der Waals surface area contributed by atoms with Crippen LogP contribution in [0.15, 0.2) is 72.8 Å². The summed E-state index contributed by atoms with van der Waals surface area (Å²) in [7, 11) is 0. The molecule has 0 aliphatic carbocycles. The predicted octanol–water partition coefficient (Wildman–Crippen LogP) is 6.85. The van der Waals surface area contributed by atoms with E-state index in [1.54, 1.807) is 41.1 Å². The second kappa shape index (κ2) is 7.74. The van der Waals surface area contributed by atoms with Gasteiger partial charge in [-0.2, -0.15) is 5.10 Å². The molecule has 0 N–H and O–H groups in total. The topological polar surface area (TPSA) is 17.8 Å². The van der Waals surface area contributed by atoms with Crippen molar-refractivity contribution < 1.29 is 8.78 Å². The maximum absolute atomic E-state index is 13.4. The van der Waals surface area contributed by atoms with E-state index in [0.717, 1.165) is 11.1 Å². The van der Waals surface area contributed by atoms with Crippen molar-refractivity contribution in [1.29, 1.82) is 0 Å². The van der Waals surface area contributed by atoms with E-state index in [9.17, 15) is 8.78 Å². The molecule has 28 heavy (non-hydrogen) atoms. The number of halogens is 4. The van der Waals surface area contributed by atoms with Crippen LogP contribution in [0.2, 0.25) is 10.0 Å². The van der Waals surface area contributed by atoms with Gasteiger partial charge in [-0.15, -0.1) is 0 Å². The summed E-state index contributed by atoms with van der Waals surface area (Å²) in [5.41, 5.74) is 3.62. The van der Waals surface area contributed by atoms with Gasteiger partial charge in [-0.3, -0.25) is 4.68 Å². The van der Waals surface area contributed by atoms with Crippen molar-refractivity contribution in [3.05, 3.63) is 100 Å². The number of hydrogen-bond donors (Lipinski definition) is 0. The average Bonchev–Trinajstić information content (AvgIpc) is 3.01. The summed E-state index contributed by atoms with van der Waals surface area (Å²) in [5.74, 6) is -0.665. The molecule has 140 valence electrons. The van der Waals surface area contributed by atoms with E-state index in [0.29, 0.717) is 33.5 Å². The van der Waals surface area contributed by atoms with Crippen molar-refractivity contribution in [2.24, 2.45) is 0 Å². The molecule has 0 spiro atoms. The Kier molecular flexibility index (Phi) is 5.16. The van der Waals surface area contributed by atoms with Crippen molar-refractivity contribution in [1.82, 2.24) is 9.78 Å². The number of aromatic nitrogens is 2. The van der Waals surface area contributed by atoms with Crippen molar-refractivity contribution in [2.75, 3.05) is 0 Å². The highest BCUT2D eigenvalue weighted by atomic mass is 35.5. The molecule has 0 radical (unpaired) electrons. The molecule has 0 bridgehead atoms. The largest absolute Gasteiger partial charge is 0.258 e. The second-order valence-electron chi connectivity index (χ2n) is 6.31. The Bertz CT molecular complexity index is 1100. The number of rotatable bonds is 4. The van der Waals surface area contributed by atoms with Gasteiger partial charge in [0.15, 0.2) is 0 Å². The molecule has 4 aromatic rings. The Morgan fingerprint density at radius 3 is 1.82 bits per heavy atom. The van der Waals surface area contributed by atoms with E-state index in [4.69, 9.17) is 23.2 Å². The molecule has 0 fully saturated rings. The van der Waals surface area contributed by atoms with Crippen molar-refractivity contribution in [3.63, 3.8) is 0 Å². The predicted molar refractivity (Wildman–Crippen MR) is 109 cm³/mol. The number of benzene rings is 3. The van der Waals surface area contributed by atoms with Crippen LogP contribution in [0.4, 0.5) is 8.78 Å². The van der Waals surface area contributed by atoms with Gasteiger partial charge in [0.25, 0.3) is 0 Å². The molecule has 0 saturated heterocycles. The third kappa shape index (κ3) is 3.79. The quantitative estimate of drug-likeness (QED) is 0.356. The first-order valence-electron chi connectivity index (χ1n) is 8.54. The maximum Gasteiger partial charge on any atom is 0.123 e. The van der Waals surface area contributed by atoms with Crippen LogP contribution in [0.5, 0.6) is 0 Å². The first-order valence-corrected chi connectivity index (χ1v) is 9.29. The molecule has 0 unspecified atom stereocenters. The van der Waals surface area contributed by atoms with E-state index in [1.165, 1.54) is 24.3 Å². The van der Waals surface area contributed by atoms with Crippen LogP contribution in [-0.2, 0) is 6.54 Å². The van der Waals surface area contributed by atoms with Gasteiger partial charge < -0.3 is 0 Å². The van der Waals surface area contributed by atoms with Crippen LogP contribution in [0.1, 0.15) is 5.56 Å². The SMILES string of the molecule is Fc1ccc(-c2nn(Cc3ccc(Cl)cc3)c(-c3ccc(F)cc3)c2Cl)cc1. The van der Waals surface area contributed by atoms with Crippen molar-refractivity contribution in [3.8, 4) is 22.5 Å². The lowest BCUT2D eigenvalue weighted by atomic mass is 10.1. The highest BCUT2D eigenvalue weighted by Crippen LogP contribution is 2.37. The molecule has 2 nitrogen and oxygen atoms in total. The molecule has 0 aliphatic rings. The third-order valence-electron chi connectivity index (χ3n) is 4.38. The number of nitrogens with zero attached hydrogens (tertiary/aromatic N) is 2. The molecule has 4 rings (SSSR count). The Labute approximate surface area is 171 Å². The molecule has 3 aromatic carbocycles. The Morgan fingerprint density at radius 2 is 1.25 bits per heavy atom. The van der Waals surface area contributed by atoms with Crippen molar-refractivity contribution >= 4 is 23.2 Å². The summed E-state index contributed by atoms with van der Waals surface area (Å²) in [5, 5.41) is 5.73. The van der Waals surface area contributed by atoms with Crippen LogP contribution in [0, 0.1) is 11.6 Å². The highest BCUT2D eigenvalue weighted by Gasteiger charge is 2.19. The molecular weight excluding hydrogens is 401 g/mol. The monoisotopic (exact) mass is 414 g/mol. The Hall–Kier alpha value is -2.69. The molecule has 0 saturated carbocycles. The summed E-state index contributed by atoms with van der Waals surface area (Å²) < 4.78 is 28.5. The van der Waals surface area contributed by atoms with E-state index in [-0.39, 0.29) is 11.6 Å². The molecule has 0 amide bonds. The first kappa shape index (κ1) is 18.7. The van der Waals surface area contributed by atoms with Gasteiger partial charge in [-0.1, -0.05) is 35.3 Å². The molecule has 0 aliphatic heterocycles. The molecular formula is C22H14Cl2F2N2. The van der Waals surface area contributed by atoms with Crippen LogP contribution < -0.4 is 0 Å². The lowest BCUT2D eigenvalue weighted by Gasteiger charge is -2.08. The smallest absolute Gasteiger partial charge is 0.123 e. The fraction of sp³-hybridized carbons (Fsp3) is 0.0455. The molecule has 0 atom stereocenters. The van der Waals surface area contributed by atoms with E-state index in [1.807, 2.05) is 12.1 Å². The molecule has 6 heteroatoms. The van der Waals surface area contributed by atoms with Gasteiger partial charge in [0, 0.05) is 16.1 Å². The zero-order chi connectivity index (χ0) is 19.7. The normalized spacial score (nSPS) is 11.0. The third-order valence-corrected chi connectivity index (χ3v) is 4.99. The van der Waals surface area contributed by atoms with Gasteiger partial charge in [0.05, 0.1) is 17.3 Å². The van der Waals surface area contributed by atoms with Crippen LogP contribution in [0.3, 0.4) is 0 Å². The fourth-order valence-corrected chi connectivity index (χ4v) is 3.47. The summed E-state index contributed by atoms with van der Waals surface area (Å²) in [6.45, 7) is 0.449. The molecule has 1 aromatic heterocycles. The van der Waals surface area contributed by atoms with Gasteiger partial charge in [0.1, 0.15) is 17.3 Å². The van der Waals surface area contributed by atoms with Crippen LogP contribution in [0.25, 0.3) is 22.5 Å². The van der Waals surface area contributed by atoms with E-state index >= 15 is 0 Å².